The first-order valence-electron chi connectivity index (χ1n) is 11.6. The van der Waals surface area contributed by atoms with Gasteiger partial charge in [0.2, 0.25) is 0 Å². The number of aryl methyl sites for hydroxylation is 2. The first-order valence-corrected chi connectivity index (χ1v) is 11.6. The van der Waals surface area contributed by atoms with Crippen molar-refractivity contribution in [3.05, 3.63) is 81.3 Å². The van der Waals surface area contributed by atoms with Gasteiger partial charge in [-0.15, -0.1) is 5.10 Å². The van der Waals surface area contributed by atoms with Crippen LogP contribution < -0.4 is 10.5 Å². The summed E-state index contributed by atoms with van der Waals surface area (Å²) in [6.07, 6.45) is 1.32. The van der Waals surface area contributed by atoms with E-state index in [-0.39, 0.29) is 29.4 Å². The van der Waals surface area contributed by atoms with Crippen molar-refractivity contribution in [2.24, 2.45) is 0 Å². The van der Waals surface area contributed by atoms with E-state index < -0.39 is 11.7 Å². The largest absolute Gasteiger partial charge is 0.418 e. The Morgan fingerprint density at radius 1 is 1.08 bits per heavy atom. The molecule has 1 fully saturated rings. The number of halogens is 3. The van der Waals surface area contributed by atoms with Crippen LogP contribution >= 0.6 is 0 Å². The molecule has 4 aromatic heterocycles. The molecule has 0 bridgehead atoms. The van der Waals surface area contributed by atoms with Crippen LogP contribution in [0.2, 0.25) is 0 Å². The maximum atomic E-state index is 13.7. The van der Waals surface area contributed by atoms with E-state index in [2.05, 4.69) is 30.0 Å². The number of nitrogens with zero attached hydrogens (tertiary/aromatic N) is 7. The zero-order chi connectivity index (χ0) is 25.4. The van der Waals surface area contributed by atoms with Crippen LogP contribution in [0.3, 0.4) is 0 Å². The number of fused-ring (bicyclic) bond motifs is 1. The summed E-state index contributed by atoms with van der Waals surface area (Å²) < 4.78 is 42.2. The third kappa shape index (κ3) is 4.52. The minimum absolute atomic E-state index is 0.0738. The summed E-state index contributed by atoms with van der Waals surface area (Å²) in [6, 6.07) is 5.85. The van der Waals surface area contributed by atoms with Gasteiger partial charge in [-0.2, -0.15) is 18.3 Å². The molecule has 36 heavy (non-hydrogen) atoms. The Labute approximate surface area is 204 Å². The van der Waals surface area contributed by atoms with Gasteiger partial charge < -0.3 is 4.90 Å². The van der Waals surface area contributed by atoms with E-state index in [1.165, 1.54) is 16.8 Å². The standard InChI is InChI=1S/C25H24F3N7O/c1-15-5-9-31-33-22(15)34-10-6-17(7-11-34)18-12-20-23(32-16(2)13-30-20)35(24(18)36)14-21-19(25(26,27)28)4-3-8-29-21/h3-5,8-9,12-13,17H,6-7,10-11,14H2,1-2H3. The van der Waals surface area contributed by atoms with Crippen LogP contribution in [0.4, 0.5) is 19.0 Å². The van der Waals surface area contributed by atoms with Crippen molar-refractivity contribution in [1.82, 2.24) is 29.7 Å². The molecule has 1 aliphatic heterocycles. The molecule has 5 rings (SSSR count). The van der Waals surface area contributed by atoms with Gasteiger partial charge in [0.25, 0.3) is 5.56 Å². The lowest BCUT2D eigenvalue weighted by Crippen LogP contribution is -2.36. The van der Waals surface area contributed by atoms with Crippen molar-refractivity contribution in [3.8, 4) is 0 Å². The lowest BCUT2D eigenvalue weighted by atomic mass is 9.89. The Kier molecular flexibility index (Phi) is 6.15. The predicted octanol–water partition coefficient (Wildman–Crippen LogP) is 4.04. The molecular weight excluding hydrogens is 471 g/mol. The third-order valence-corrected chi connectivity index (χ3v) is 6.58. The van der Waals surface area contributed by atoms with Crippen LogP contribution in [0, 0.1) is 13.8 Å². The number of alkyl halides is 3. The fourth-order valence-electron chi connectivity index (χ4n) is 4.75. The normalized spacial score (nSPS) is 15.0. The molecule has 8 nitrogen and oxygen atoms in total. The van der Waals surface area contributed by atoms with E-state index in [0.29, 0.717) is 42.7 Å². The second-order valence-corrected chi connectivity index (χ2v) is 9.01. The Morgan fingerprint density at radius 2 is 1.86 bits per heavy atom. The van der Waals surface area contributed by atoms with Crippen LogP contribution in [0.25, 0.3) is 11.2 Å². The number of rotatable bonds is 4. The number of piperidine rings is 1. The van der Waals surface area contributed by atoms with Gasteiger partial charge in [-0.25, -0.2) is 4.98 Å². The van der Waals surface area contributed by atoms with E-state index in [9.17, 15) is 18.0 Å². The summed E-state index contributed by atoms with van der Waals surface area (Å²) >= 11 is 0. The summed E-state index contributed by atoms with van der Waals surface area (Å²) in [5.41, 5.74) is 1.36. The molecule has 0 unspecified atom stereocenters. The SMILES string of the molecule is Cc1cnc2cc(C3CCN(c4nnccc4C)CC3)c(=O)n(Cc3ncccc3C(F)(F)F)c2n1. The topological polar surface area (TPSA) is 89.7 Å². The van der Waals surface area contributed by atoms with Gasteiger partial charge in [0.05, 0.1) is 29.7 Å². The van der Waals surface area contributed by atoms with Gasteiger partial charge in [-0.3, -0.25) is 19.3 Å². The maximum Gasteiger partial charge on any atom is 0.418 e. The van der Waals surface area contributed by atoms with Crippen LogP contribution in [0.1, 0.15) is 46.8 Å². The molecular formula is C25H24F3N7O. The van der Waals surface area contributed by atoms with E-state index in [1.807, 2.05) is 13.0 Å². The molecule has 0 aliphatic carbocycles. The molecule has 11 heteroatoms. The minimum atomic E-state index is -4.59. The molecule has 0 amide bonds. The zero-order valence-electron chi connectivity index (χ0n) is 19.8. The van der Waals surface area contributed by atoms with Crippen LogP contribution in [0.5, 0.6) is 0 Å². The van der Waals surface area contributed by atoms with Crippen LogP contribution in [-0.2, 0) is 12.7 Å². The summed E-state index contributed by atoms with van der Waals surface area (Å²) in [6.45, 7) is 4.71. The Bertz CT molecular complexity index is 1480. The van der Waals surface area contributed by atoms with Gasteiger partial charge in [0.15, 0.2) is 11.5 Å². The number of aromatic nitrogens is 6. The molecule has 0 atom stereocenters. The summed E-state index contributed by atoms with van der Waals surface area (Å²) in [5, 5.41) is 8.23. The molecule has 4 aromatic rings. The molecule has 0 aromatic carbocycles. The third-order valence-electron chi connectivity index (χ3n) is 6.58. The Morgan fingerprint density at radius 3 is 2.58 bits per heavy atom. The lowest BCUT2D eigenvalue weighted by molar-refractivity contribution is -0.138. The molecule has 0 saturated carbocycles. The molecule has 0 radical (unpaired) electrons. The number of hydrogen-bond donors (Lipinski definition) is 0. The number of pyridine rings is 2. The van der Waals surface area contributed by atoms with Crippen molar-refractivity contribution in [1.29, 1.82) is 0 Å². The minimum Gasteiger partial charge on any atom is -0.355 e. The summed E-state index contributed by atoms with van der Waals surface area (Å²) in [4.78, 5) is 28.7. The van der Waals surface area contributed by atoms with Crippen molar-refractivity contribution in [2.45, 2.75) is 45.3 Å². The van der Waals surface area contributed by atoms with Crippen molar-refractivity contribution < 1.29 is 13.2 Å². The summed E-state index contributed by atoms with van der Waals surface area (Å²) in [7, 11) is 0. The van der Waals surface area contributed by atoms with E-state index in [1.54, 1.807) is 25.4 Å². The monoisotopic (exact) mass is 495 g/mol. The van der Waals surface area contributed by atoms with Gasteiger partial charge in [0, 0.05) is 31.0 Å². The van der Waals surface area contributed by atoms with Gasteiger partial charge in [0.1, 0.15) is 5.52 Å². The van der Waals surface area contributed by atoms with Gasteiger partial charge >= 0.3 is 6.18 Å². The van der Waals surface area contributed by atoms with Crippen molar-refractivity contribution in [2.75, 3.05) is 18.0 Å². The van der Waals surface area contributed by atoms with Crippen LogP contribution in [-0.4, -0.2) is 42.8 Å². The Balaban J connectivity index is 1.53. The second kappa shape index (κ2) is 9.29. The number of anilines is 1. The van der Waals surface area contributed by atoms with Crippen molar-refractivity contribution >= 4 is 17.0 Å². The fourth-order valence-corrected chi connectivity index (χ4v) is 4.75. The molecule has 5 heterocycles. The maximum absolute atomic E-state index is 13.7. The zero-order valence-corrected chi connectivity index (χ0v) is 19.8. The molecule has 186 valence electrons. The first-order chi connectivity index (χ1) is 17.2. The summed E-state index contributed by atoms with van der Waals surface area (Å²) in [5.74, 6) is 0.748. The molecule has 0 N–H and O–H groups in total. The van der Waals surface area contributed by atoms with Crippen LogP contribution in [0.15, 0.2) is 47.7 Å². The van der Waals surface area contributed by atoms with E-state index in [4.69, 9.17) is 0 Å². The highest BCUT2D eigenvalue weighted by Gasteiger charge is 2.34. The van der Waals surface area contributed by atoms with Gasteiger partial charge in [-0.1, -0.05) is 0 Å². The molecule has 1 aliphatic rings. The van der Waals surface area contributed by atoms with Crippen molar-refractivity contribution in [3.63, 3.8) is 0 Å². The lowest BCUT2D eigenvalue weighted by Gasteiger charge is -2.33. The first kappa shape index (κ1) is 23.8. The smallest absolute Gasteiger partial charge is 0.355 e. The molecule has 0 spiro atoms. The van der Waals surface area contributed by atoms with E-state index in [0.717, 1.165) is 17.4 Å². The second-order valence-electron chi connectivity index (χ2n) is 9.01. The highest BCUT2D eigenvalue weighted by atomic mass is 19.4. The van der Waals surface area contributed by atoms with Gasteiger partial charge in [-0.05, 0) is 62.4 Å². The fraction of sp³-hybridized carbons (Fsp3) is 0.360. The number of hydrogen-bond acceptors (Lipinski definition) is 7. The average molecular weight is 496 g/mol. The van der Waals surface area contributed by atoms with E-state index >= 15 is 0 Å². The predicted molar refractivity (Wildman–Crippen MR) is 128 cm³/mol. The average Bonchev–Trinajstić information content (AvgIpc) is 2.86. The Hall–Kier alpha value is -3.89. The quantitative estimate of drug-likeness (QED) is 0.422. The highest BCUT2D eigenvalue weighted by Crippen LogP contribution is 2.33. The highest BCUT2D eigenvalue weighted by molar-refractivity contribution is 5.71. The molecule has 1 saturated heterocycles.